The maximum Gasteiger partial charge on any atom is 0.255 e. The van der Waals surface area contributed by atoms with E-state index in [1.165, 1.54) is 12.3 Å². The number of aromatic nitrogens is 1. The molecule has 0 unspecified atom stereocenters. The predicted octanol–water partition coefficient (Wildman–Crippen LogP) is 1.28. The van der Waals surface area contributed by atoms with E-state index >= 15 is 0 Å². The molecule has 1 aliphatic carbocycles. The van der Waals surface area contributed by atoms with E-state index in [4.69, 9.17) is 5.26 Å². The molecular weight excluding hydrogens is 230 g/mol. The van der Waals surface area contributed by atoms with Crippen molar-refractivity contribution in [2.75, 3.05) is 6.54 Å². The van der Waals surface area contributed by atoms with Crippen LogP contribution in [0.2, 0.25) is 0 Å². The number of nitrogens with zero attached hydrogens (tertiary/aromatic N) is 2. The van der Waals surface area contributed by atoms with Crippen molar-refractivity contribution in [3.05, 3.63) is 34.2 Å². The maximum atomic E-state index is 12.3. The number of carbonyl (C=O) groups excluding carboxylic acids is 1. The number of rotatable bonds is 3. The zero-order valence-electron chi connectivity index (χ0n) is 10.1. The summed E-state index contributed by atoms with van der Waals surface area (Å²) in [6.07, 6.45) is 5.52. The second-order valence-corrected chi connectivity index (χ2v) is 4.47. The van der Waals surface area contributed by atoms with Crippen LogP contribution < -0.4 is 5.56 Å². The van der Waals surface area contributed by atoms with Crippen molar-refractivity contribution in [1.82, 2.24) is 9.88 Å². The van der Waals surface area contributed by atoms with Gasteiger partial charge in [0.2, 0.25) is 5.56 Å². The summed E-state index contributed by atoms with van der Waals surface area (Å²) < 4.78 is 0. The van der Waals surface area contributed by atoms with Crippen LogP contribution in [0, 0.1) is 11.3 Å². The molecule has 1 heterocycles. The van der Waals surface area contributed by atoms with Crippen molar-refractivity contribution in [2.24, 2.45) is 0 Å². The Balaban J connectivity index is 2.23. The third-order valence-corrected chi connectivity index (χ3v) is 3.29. The average Bonchev–Trinajstić information content (AvgIpc) is 2.89. The van der Waals surface area contributed by atoms with Gasteiger partial charge in [0.1, 0.15) is 6.54 Å². The number of H-pyrrole nitrogens is 1. The Bertz CT molecular complexity index is 524. The van der Waals surface area contributed by atoms with Gasteiger partial charge in [0.15, 0.2) is 0 Å². The SMILES string of the molecule is N#CCN(C(=O)c1cc[nH]c(=O)c1)C1CCCC1. The van der Waals surface area contributed by atoms with Gasteiger partial charge in [-0.1, -0.05) is 12.8 Å². The van der Waals surface area contributed by atoms with Gasteiger partial charge in [-0.15, -0.1) is 0 Å². The summed E-state index contributed by atoms with van der Waals surface area (Å²) in [5.41, 5.74) is 0.0464. The Hall–Kier alpha value is -2.09. The van der Waals surface area contributed by atoms with Crippen LogP contribution in [0.5, 0.6) is 0 Å². The van der Waals surface area contributed by atoms with E-state index in [0.29, 0.717) is 5.56 Å². The van der Waals surface area contributed by atoms with E-state index in [-0.39, 0.29) is 24.1 Å². The van der Waals surface area contributed by atoms with Crippen molar-refractivity contribution in [2.45, 2.75) is 31.7 Å². The third kappa shape index (κ3) is 2.59. The molecule has 2 rings (SSSR count). The fourth-order valence-corrected chi connectivity index (χ4v) is 2.40. The molecule has 1 aromatic heterocycles. The Morgan fingerprint density at radius 1 is 1.50 bits per heavy atom. The zero-order valence-corrected chi connectivity index (χ0v) is 10.1. The highest BCUT2D eigenvalue weighted by Crippen LogP contribution is 2.24. The zero-order chi connectivity index (χ0) is 13.0. The van der Waals surface area contributed by atoms with Crippen LogP contribution in [-0.2, 0) is 0 Å². The van der Waals surface area contributed by atoms with Gasteiger partial charge in [-0.05, 0) is 18.9 Å². The van der Waals surface area contributed by atoms with Crippen molar-refractivity contribution in [3.8, 4) is 6.07 Å². The molecule has 0 aromatic carbocycles. The summed E-state index contributed by atoms with van der Waals surface area (Å²) in [4.78, 5) is 27.6. The van der Waals surface area contributed by atoms with E-state index < -0.39 is 0 Å². The first-order valence-electron chi connectivity index (χ1n) is 6.09. The van der Waals surface area contributed by atoms with E-state index in [2.05, 4.69) is 4.98 Å². The number of nitrogens with one attached hydrogen (secondary N) is 1. The predicted molar refractivity (Wildman–Crippen MR) is 66.0 cm³/mol. The van der Waals surface area contributed by atoms with Crippen molar-refractivity contribution < 1.29 is 4.79 Å². The summed E-state index contributed by atoms with van der Waals surface area (Å²) in [7, 11) is 0. The molecule has 0 radical (unpaired) electrons. The van der Waals surface area contributed by atoms with Crippen LogP contribution in [0.4, 0.5) is 0 Å². The summed E-state index contributed by atoms with van der Waals surface area (Å²) in [6.45, 7) is 0.0797. The molecule has 1 aliphatic rings. The molecule has 1 N–H and O–H groups in total. The molecule has 0 spiro atoms. The van der Waals surface area contributed by atoms with Crippen molar-refractivity contribution >= 4 is 5.91 Å². The molecule has 0 saturated heterocycles. The highest BCUT2D eigenvalue weighted by molar-refractivity contribution is 5.94. The minimum absolute atomic E-state index is 0.0797. The smallest absolute Gasteiger partial charge is 0.255 e. The quantitative estimate of drug-likeness (QED) is 0.815. The van der Waals surface area contributed by atoms with Crippen LogP contribution in [0.15, 0.2) is 23.1 Å². The normalized spacial score (nSPS) is 15.3. The lowest BCUT2D eigenvalue weighted by Gasteiger charge is -2.26. The second kappa shape index (κ2) is 5.50. The number of carbonyl (C=O) groups is 1. The fourth-order valence-electron chi connectivity index (χ4n) is 2.40. The molecule has 5 nitrogen and oxygen atoms in total. The van der Waals surface area contributed by atoms with Gasteiger partial charge in [0, 0.05) is 23.9 Å². The second-order valence-electron chi connectivity index (χ2n) is 4.47. The van der Waals surface area contributed by atoms with Gasteiger partial charge in [-0.2, -0.15) is 5.26 Å². The van der Waals surface area contributed by atoms with Gasteiger partial charge in [-0.25, -0.2) is 0 Å². The van der Waals surface area contributed by atoms with Crippen LogP contribution in [0.25, 0.3) is 0 Å². The first-order chi connectivity index (χ1) is 8.72. The van der Waals surface area contributed by atoms with E-state index in [0.717, 1.165) is 25.7 Å². The fraction of sp³-hybridized carbons (Fsp3) is 0.462. The molecule has 1 fully saturated rings. The highest BCUT2D eigenvalue weighted by atomic mass is 16.2. The number of nitriles is 1. The standard InChI is InChI=1S/C13H15N3O2/c14-6-8-16(11-3-1-2-4-11)13(18)10-5-7-15-12(17)9-10/h5,7,9,11H,1-4,8H2,(H,15,17). The van der Waals surface area contributed by atoms with Crippen LogP contribution in [0.3, 0.4) is 0 Å². The number of pyridine rings is 1. The number of hydrogen-bond donors (Lipinski definition) is 1. The summed E-state index contributed by atoms with van der Waals surface area (Å²) >= 11 is 0. The molecule has 1 aromatic rings. The van der Waals surface area contributed by atoms with Gasteiger partial charge in [0.05, 0.1) is 6.07 Å². The summed E-state index contributed by atoms with van der Waals surface area (Å²) in [5, 5.41) is 8.84. The number of aromatic amines is 1. The highest BCUT2D eigenvalue weighted by Gasteiger charge is 2.27. The Kier molecular flexibility index (Phi) is 3.78. The number of hydrogen-bond acceptors (Lipinski definition) is 3. The maximum absolute atomic E-state index is 12.3. The summed E-state index contributed by atoms with van der Waals surface area (Å²) in [5.74, 6) is -0.227. The first-order valence-corrected chi connectivity index (χ1v) is 6.09. The van der Waals surface area contributed by atoms with Crippen LogP contribution in [0.1, 0.15) is 36.0 Å². The lowest BCUT2D eigenvalue weighted by atomic mass is 10.1. The Morgan fingerprint density at radius 3 is 2.83 bits per heavy atom. The van der Waals surface area contributed by atoms with E-state index in [9.17, 15) is 9.59 Å². The van der Waals surface area contributed by atoms with Gasteiger partial charge < -0.3 is 9.88 Å². The minimum atomic E-state index is -0.302. The van der Waals surface area contributed by atoms with Gasteiger partial charge in [-0.3, -0.25) is 9.59 Å². The molecule has 0 bridgehead atoms. The van der Waals surface area contributed by atoms with Gasteiger partial charge >= 0.3 is 0 Å². The molecule has 1 amide bonds. The first kappa shape index (κ1) is 12.4. The lowest BCUT2D eigenvalue weighted by molar-refractivity contribution is 0.0709. The third-order valence-electron chi connectivity index (χ3n) is 3.29. The average molecular weight is 245 g/mol. The minimum Gasteiger partial charge on any atom is -0.329 e. The van der Waals surface area contributed by atoms with E-state index in [1.54, 1.807) is 11.0 Å². The molecule has 0 atom stereocenters. The lowest BCUT2D eigenvalue weighted by Crippen LogP contribution is -2.39. The van der Waals surface area contributed by atoms with Crippen molar-refractivity contribution in [1.29, 1.82) is 5.26 Å². The van der Waals surface area contributed by atoms with Crippen LogP contribution in [-0.4, -0.2) is 28.4 Å². The van der Waals surface area contributed by atoms with Crippen LogP contribution >= 0.6 is 0 Å². The molecule has 94 valence electrons. The molecule has 18 heavy (non-hydrogen) atoms. The van der Waals surface area contributed by atoms with Crippen molar-refractivity contribution in [3.63, 3.8) is 0 Å². The van der Waals surface area contributed by atoms with Gasteiger partial charge in [0.25, 0.3) is 5.91 Å². The monoisotopic (exact) mass is 245 g/mol. The summed E-state index contributed by atoms with van der Waals surface area (Å²) in [6, 6.07) is 5.02. The number of amides is 1. The molecular formula is C13H15N3O2. The topological polar surface area (TPSA) is 77.0 Å². The van der Waals surface area contributed by atoms with E-state index in [1.807, 2.05) is 6.07 Å². The molecule has 5 heteroatoms. The molecule has 0 aliphatic heterocycles. The molecule has 1 saturated carbocycles. The Morgan fingerprint density at radius 2 is 2.22 bits per heavy atom. The largest absolute Gasteiger partial charge is 0.329 e. The Labute approximate surface area is 105 Å².